The molecule has 4 amide bonds. The maximum absolute atomic E-state index is 13.2. The summed E-state index contributed by atoms with van der Waals surface area (Å²) >= 11 is 0. The highest BCUT2D eigenvalue weighted by Crippen LogP contribution is 2.15. The summed E-state index contributed by atoms with van der Waals surface area (Å²) < 4.78 is 36.1. The number of benzene rings is 1. The van der Waals surface area contributed by atoms with Gasteiger partial charge < -0.3 is 10.6 Å². The quantitative estimate of drug-likeness (QED) is 0.630. The lowest BCUT2D eigenvalue weighted by Gasteiger charge is -2.14. The summed E-state index contributed by atoms with van der Waals surface area (Å²) in [5.41, 5.74) is 0.676. The van der Waals surface area contributed by atoms with Gasteiger partial charge in [-0.15, -0.1) is 0 Å². The lowest BCUT2D eigenvalue weighted by atomic mass is 10.1. The summed E-state index contributed by atoms with van der Waals surface area (Å²) in [6.07, 6.45) is 0.860. The molecule has 0 aromatic heterocycles. The van der Waals surface area contributed by atoms with Gasteiger partial charge >= 0.3 is 6.03 Å². The van der Waals surface area contributed by atoms with Crippen LogP contribution in [0, 0.1) is 5.82 Å². The molecule has 1 aromatic rings. The molecule has 2 N–H and O–H groups in total. The molecule has 0 radical (unpaired) electrons. The first-order chi connectivity index (χ1) is 13.2. The highest BCUT2D eigenvalue weighted by molar-refractivity contribution is 7.91. The standard InChI is InChI=1S/C18H22FN3O5S/c19-13-3-1-2-12(10-13)6-8-22-17(24)15(21-18(22)25)4-5-16(23)20-14-7-9-28(26,27)11-14/h1-3,10,14-15H,4-9,11H2,(H,20,23)(H,21,25). The van der Waals surface area contributed by atoms with Gasteiger partial charge in [0.25, 0.3) is 5.91 Å². The third-order valence-electron chi connectivity index (χ3n) is 4.88. The SMILES string of the molecule is O=C(CCC1NC(=O)N(CCc2cccc(F)c2)C1=O)NC1CCS(=O)(=O)C1. The average molecular weight is 411 g/mol. The number of nitrogens with zero attached hydrogens (tertiary/aromatic N) is 1. The number of halogens is 1. The molecule has 2 saturated heterocycles. The van der Waals surface area contributed by atoms with Crippen LogP contribution in [0.1, 0.15) is 24.8 Å². The van der Waals surface area contributed by atoms with Gasteiger partial charge in [-0.1, -0.05) is 12.1 Å². The van der Waals surface area contributed by atoms with Gasteiger partial charge in [0.2, 0.25) is 5.91 Å². The number of urea groups is 1. The fourth-order valence-corrected chi connectivity index (χ4v) is 5.08. The normalized spacial score (nSPS) is 23.7. The molecule has 2 aliphatic heterocycles. The van der Waals surface area contributed by atoms with Crippen molar-refractivity contribution in [2.45, 2.75) is 37.8 Å². The molecule has 0 bridgehead atoms. The Hall–Kier alpha value is -2.49. The molecule has 10 heteroatoms. The first kappa shape index (κ1) is 20.2. The van der Waals surface area contributed by atoms with E-state index in [1.54, 1.807) is 12.1 Å². The number of hydrogen-bond donors (Lipinski definition) is 2. The van der Waals surface area contributed by atoms with E-state index < -0.39 is 33.9 Å². The van der Waals surface area contributed by atoms with E-state index in [2.05, 4.69) is 10.6 Å². The second-order valence-electron chi connectivity index (χ2n) is 7.08. The lowest BCUT2D eigenvalue weighted by Crippen LogP contribution is -2.37. The van der Waals surface area contributed by atoms with E-state index in [0.717, 1.165) is 4.90 Å². The minimum atomic E-state index is -3.08. The van der Waals surface area contributed by atoms with E-state index in [1.807, 2.05) is 0 Å². The van der Waals surface area contributed by atoms with E-state index in [-0.39, 0.29) is 42.6 Å². The van der Waals surface area contributed by atoms with E-state index >= 15 is 0 Å². The summed E-state index contributed by atoms with van der Waals surface area (Å²) in [5.74, 6) is -1.14. The topological polar surface area (TPSA) is 113 Å². The van der Waals surface area contributed by atoms with Crippen LogP contribution in [0.4, 0.5) is 9.18 Å². The Morgan fingerprint density at radius 2 is 2.11 bits per heavy atom. The van der Waals surface area contributed by atoms with Crippen molar-refractivity contribution in [3.8, 4) is 0 Å². The maximum atomic E-state index is 13.2. The lowest BCUT2D eigenvalue weighted by molar-refractivity contribution is -0.127. The van der Waals surface area contributed by atoms with Crippen LogP contribution < -0.4 is 10.6 Å². The van der Waals surface area contributed by atoms with Crippen molar-refractivity contribution in [1.29, 1.82) is 0 Å². The summed E-state index contributed by atoms with van der Waals surface area (Å²) in [5, 5.41) is 5.21. The van der Waals surface area contributed by atoms with Crippen LogP contribution in [0.5, 0.6) is 0 Å². The number of rotatable bonds is 7. The van der Waals surface area contributed by atoms with E-state index in [0.29, 0.717) is 18.4 Å². The number of carbonyl (C=O) groups is 3. The van der Waals surface area contributed by atoms with Gasteiger partial charge in [0.1, 0.15) is 11.9 Å². The Bertz CT molecular complexity index is 889. The Kier molecular flexibility index (Phi) is 5.97. The molecule has 3 rings (SSSR count). The van der Waals surface area contributed by atoms with Crippen molar-refractivity contribution >= 4 is 27.7 Å². The molecule has 0 aliphatic carbocycles. The predicted octanol–water partition coefficient (Wildman–Crippen LogP) is 0.372. The Morgan fingerprint density at radius 1 is 1.32 bits per heavy atom. The average Bonchev–Trinajstić information content (AvgIpc) is 3.09. The van der Waals surface area contributed by atoms with Gasteiger partial charge in [0.15, 0.2) is 9.84 Å². The van der Waals surface area contributed by atoms with Crippen LogP contribution in [-0.2, 0) is 25.8 Å². The number of sulfone groups is 1. The second-order valence-corrected chi connectivity index (χ2v) is 9.31. The molecule has 1 aromatic carbocycles. The largest absolute Gasteiger partial charge is 0.352 e. The van der Waals surface area contributed by atoms with Crippen LogP contribution in [0.2, 0.25) is 0 Å². The van der Waals surface area contributed by atoms with Crippen molar-refractivity contribution in [1.82, 2.24) is 15.5 Å². The van der Waals surface area contributed by atoms with Crippen LogP contribution in [0.3, 0.4) is 0 Å². The molecule has 0 saturated carbocycles. The fourth-order valence-electron chi connectivity index (χ4n) is 3.40. The van der Waals surface area contributed by atoms with Crippen molar-refractivity contribution in [2.75, 3.05) is 18.1 Å². The highest BCUT2D eigenvalue weighted by atomic mass is 32.2. The maximum Gasteiger partial charge on any atom is 0.324 e. The number of nitrogens with one attached hydrogen (secondary N) is 2. The number of imide groups is 1. The molecule has 28 heavy (non-hydrogen) atoms. The summed E-state index contributed by atoms with van der Waals surface area (Å²) in [4.78, 5) is 37.5. The predicted molar refractivity (Wildman–Crippen MR) is 98.6 cm³/mol. The van der Waals surface area contributed by atoms with Gasteiger partial charge in [-0.3, -0.25) is 14.5 Å². The fraction of sp³-hybridized carbons (Fsp3) is 0.500. The van der Waals surface area contributed by atoms with Crippen LogP contribution >= 0.6 is 0 Å². The van der Waals surface area contributed by atoms with E-state index in [9.17, 15) is 27.2 Å². The Labute approximate surface area is 162 Å². The molecule has 2 fully saturated rings. The molecule has 2 unspecified atom stereocenters. The van der Waals surface area contributed by atoms with E-state index in [1.165, 1.54) is 12.1 Å². The number of carbonyl (C=O) groups excluding carboxylic acids is 3. The molecular formula is C18H22FN3O5S. The minimum absolute atomic E-state index is 0.00493. The highest BCUT2D eigenvalue weighted by Gasteiger charge is 2.37. The van der Waals surface area contributed by atoms with Gasteiger partial charge in [0, 0.05) is 19.0 Å². The monoisotopic (exact) mass is 411 g/mol. The van der Waals surface area contributed by atoms with Crippen molar-refractivity contribution < 1.29 is 27.2 Å². The van der Waals surface area contributed by atoms with Crippen molar-refractivity contribution in [3.63, 3.8) is 0 Å². The third-order valence-corrected chi connectivity index (χ3v) is 6.65. The number of hydrogen-bond acceptors (Lipinski definition) is 5. The van der Waals surface area contributed by atoms with Crippen molar-refractivity contribution in [3.05, 3.63) is 35.6 Å². The number of amides is 4. The zero-order valence-electron chi connectivity index (χ0n) is 15.2. The van der Waals surface area contributed by atoms with Gasteiger partial charge in [0.05, 0.1) is 11.5 Å². The molecule has 2 heterocycles. The smallest absolute Gasteiger partial charge is 0.324 e. The Balaban J connectivity index is 1.46. The molecule has 152 valence electrons. The minimum Gasteiger partial charge on any atom is -0.352 e. The van der Waals surface area contributed by atoms with Crippen LogP contribution in [0.15, 0.2) is 24.3 Å². The molecular weight excluding hydrogens is 389 g/mol. The van der Waals surface area contributed by atoms with Crippen molar-refractivity contribution in [2.24, 2.45) is 0 Å². The molecule has 2 aliphatic rings. The Morgan fingerprint density at radius 3 is 2.79 bits per heavy atom. The van der Waals surface area contributed by atoms with Gasteiger partial charge in [-0.05, 0) is 37.0 Å². The summed E-state index contributed by atoms with van der Waals surface area (Å²) in [6.45, 7) is 0.122. The first-order valence-electron chi connectivity index (χ1n) is 9.09. The molecule has 8 nitrogen and oxygen atoms in total. The zero-order chi connectivity index (χ0) is 20.3. The summed E-state index contributed by atoms with van der Waals surface area (Å²) in [7, 11) is -3.08. The van der Waals surface area contributed by atoms with E-state index in [4.69, 9.17) is 0 Å². The molecule has 2 atom stereocenters. The second kappa shape index (κ2) is 8.26. The first-order valence-corrected chi connectivity index (χ1v) is 10.9. The molecule has 0 spiro atoms. The van der Waals surface area contributed by atoms with Crippen LogP contribution in [0.25, 0.3) is 0 Å². The van der Waals surface area contributed by atoms with Gasteiger partial charge in [-0.25, -0.2) is 17.6 Å². The third kappa shape index (κ3) is 5.06. The summed E-state index contributed by atoms with van der Waals surface area (Å²) in [6, 6.07) is 4.23. The zero-order valence-corrected chi connectivity index (χ0v) is 16.0. The van der Waals surface area contributed by atoms with Crippen LogP contribution in [-0.4, -0.2) is 61.3 Å². The van der Waals surface area contributed by atoms with Gasteiger partial charge in [-0.2, -0.15) is 0 Å².